The lowest BCUT2D eigenvalue weighted by atomic mass is 9.94. The molecule has 0 amide bonds. The first-order valence-electron chi connectivity index (χ1n) is 6.71. The first-order valence-corrected chi connectivity index (χ1v) is 6.71. The zero-order valence-electron chi connectivity index (χ0n) is 12.2. The number of aromatic nitrogens is 2. The van der Waals surface area contributed by atoms with Gasteiger partial charge in [0.2, 0.25) is 0 Å². The summed E-state index contributed by atoms with van der Waals surface area (Å²) in [7, 11) is 0. The second-order valence-electron chi connectivity index (χ2n) is 6.20. The van der Waals surface area contributed by atoms with Crippen molar-refractivity contribution in [3.05, 3.63) is 17.8 Å². The van der Waals surface area contributed by atoms with Gasteiger partial charge < -0.3 is 10.1 Å². The van der Waals surface area contributed by atoms with Crippen LogP contribution in [-0.2, 0) is 11.2 Å². The molecule has 1 saturated heterocycles. The third-order valence-corrected chi connectivity index (χ3v) is 3.58. The first-order chi connectivity index (χ1) is 8.75. The molecule has 1 unspecified atom stereocenters. The van der Waals surface area contributed by atoms with Crippen molar-refractivity contribution >= 4 is 5.82 Å². The molecule has 1 atom stereocenters. The van der Waals surface area contributed by atoms with Crippen LogP contribution in [0.1, 0.15) is 46.7 Å². The van der Waals surface area contributed by atoms with Crippen LogP contribution < -0.4 is 5.32 Å². The molecule has 1 N–H and O–H groups in total. The van der Waals surface area contributed by atoms with Crippen molar-refractivity contribution in [1.82, 2.24) is 9.97 Å². The molecule has 2 heterocycles. The van der Waals surface area contributed by atoms with Crippen LogP contribution >= 0.6 is 0 Å². The molecular formula is C14H22FN3O. The number of rotatable bonds is 3. The molecular weight excluding hydrogens is 245 g/mol. The fourth-order valence-corrected chi connectivity index (χ4v) is 2.71. The fourth-order valence-electron chi connectivity index (χ4n) is 2.71. The average Bonchev–Trinajstić information content (AvgIpc) is 2.49. The molecule has 1 fully saturated rings. The molecule has 0 spiro atoms. The van der Waals surface area contributed by atoms with Crippen molar-refractivity contribution in [2.45, 2.75) is 64.7 Å². The van der Waals surface area contributed by atoms with E-state index in [0.29, 0.717) is 12.1 Å². The minimum absolute atomic E-state index is 0.0246. The Morgan fingerprint density at radius 2 is 2.05 bits per heavy atom. The maximum absolute atomic E-state index is 14.1. The van der Waals surface area contributed by atoms with Gasteiger partial charge in [-0.1, -0.05) is 6.92 Å². The number of anilines is 1. The van der Waals surface area contributed by atoms with Gasteiger partial charge in [-0.2, -0.15) is 0 Å². The van der Waals surface area contributed by atoms with Crippen molar-refractivity contribution in [1.29, 1.82) is 0 Å². The molecule has 4 nitrogen and oxygen atoms in total. The molecule has 2 rings (SSSR count). The average molecular weight is 267 g/mol. The number of hydrogen-bond acceptors (Lipinski definition) is 4. The van der Waals surface area contributed by atoms with Gasteiger partial charge in [0.25, 0.3) is 0 Å². The van der Waals surface area contributed by atoms with Crippen molar-refractivity contribution in [2.24, 2.45) is 0 Å². The van der Waals surface area contributed by atoms with Crippen LogP contribution in [0.2, 0.25) is 0 Å². The summed E-state index contributed by atoms with van der Waals surface area (Å²) in [5, 5.41) is 3.18. The van der Waals surface area contributed by atoms with E-state index in [1.807, 2.05) is 34.6 Å². The van der Waals surface area contributed by atoms with Crippen molar-refractivity contribution in [3.63, 3.8) is 0 Å². The Morgan fingerprint density at radius 3 is 2.58 bits per heavy atom. The lowest BCUT2D eigenvalue weighted by molar-refractivity contribution is -0.0662. The Labute approximate surface area is 113 Å². The second-order valence-corrected chi connectivity index (χ2v) is 6.20. The normalized spacial score (nSPS) is 24.4. The summed E-state index contributed by atoms with van der Waals surface area (Å²) in [4.78, 5) is 7.95. The zero-order chi connectivity index (χ0) is 14.3. The minimum atomic E-state index is -0.356. The van der Waals surface area contributed by atoms with Gasteiger partial charge in [-0.15, -0.1) is 0 Å². The number of ether oxygens (including phenoxy) is 1. The maximum atomic E-state index is 14.1. The number of nitrogens with zero attached hydrogens (tertiary/aromatic N) is 2. The van der Waals surface area contributed by atoms with Gasteiger partial charge in [0.15, 0.2) is 11.6 Å². The van der Waals surface area contributed by atoms with Crippen LogP contribution in [0.4, 0.5) is 10.2 Å². The molecule has 1 aromatic rings. The summed E-state index contributed by atoms with van der Waals surface area (Å²) >= 11 is 0. The molecule has 106 valence electrons. The fraction of sp³-hybridized carbons (Fsp3) is 0.714. The van der Waals surface area contributed by atoms with Crippen LogP contribution in [-0.4, -0.2) is 27.2 Å². The van der Waals surface area contributed by atoms with Crippen LogP contribution in [0.25, 0.3) is 0 Å². The monoisotopic (exact) mass is 267 g/mol. The highest BCUT2D eigenvalue weighted by Gasteiger charge is 2.46. The van der Waals surface area contributed by atoms with Gasteiger partial charge in [-0.25, -0.2) is 14.4 Å². The highest BCUT2D eigenvalue weighted by molar-refractivity contribution is 5.39. The van der Waals surface area contributed by atoms with Crippen LogP contribution in [0, 0.1) is 5.82 Å². The molecule has 0 aromatic carbocycles. The molecule has 5 heteroatoms. The van der Waals surface area contributed by atoms with Crippen LogP contribution in [0.5, 0.6) is 0 Å². The molecule has 0 saturated carbocycles. The standard InChI is InChI=1S/C14H22FN3O/c1-6-9-11(15)12(17-8-16-9)18-10-7-13(2,3)19-14(10,4)5/h8,10H,6-7H2,1-5H3,(H,16,17,18). The van der Waals surface area contributed by atoms with E-state index in [9.17, 15) is 4.39 Å². The van der Waals surface area contributed by atoms with Gasteiger partial charge in [-0.3, -0.25) is 0 Å². The van der Waals surface area contributed by atoms with E-state index >= 15 is 0 Å². The summed E-state index contributed by atoms with van der Waals surface area (Å²) in [5.41, 5.74) is -0.126. The van der Waals surface area contributed by atoms with Gasteiger partial charge in [-0.05, 0) is 40.5 Å². The van der Waals surface area contributed by atoms with Crippen molar-refractivity contribution in [2.75, 3.05) is 5.32 Å². The number of hydrogen-bond donors (Lipinski definition) is 1. The molecule has 0 bridgehead atoms. The van der Waals surface area contributed by atoms with E-state index in [4.69, 9.17) is 4.74 Å². The predicted octanol–water partition coefficient (Wildman–Crippen LogP) is 2.94. The van der Waals surface area contributed by atoms with Gasteiger partial charge in [0, 0.05) is 0 Å². The van der Waals surface area contributed by atoms with E-state index < -0.39 is 0 Å². The Hall–Kier alpha value is -1.23. The van der Waals surface area contributed by atoms with Gasteiger partial charge in [0.1, 0.15) is 6.33 Å². The topological polar surface area (TPSA) is 47.0 Å². The molecule has 19 heavy (non-hydrogen) atoms. The quantitative estimate of drug-likeness (QED) is 0.914. The Bertz CT molecular complexity index is 474. The lowest BCUT2D eigenvalue weighted by Gasteiger charge is -2.28. The van der Waals surface area contributed by atoms with E-state index in [2.05, 4.69) is 15.3 Å². The maximum Gasteiger partial charge on any atom is 0.186 e. The van der Waals surface area contributed by atoms with E-state index in [1.54, 1.807) is 0 Å². The zero-order valence-corrected chi connectivity index (χ0v) is 12.2. The largest absolute Gasteiger partial charge is 0.367 e. The molecule has 0 aliphatic carbocycles. The third-order valence-electron chi connectivity index (χ3n) is 3.58. The van der Waals surface area contributed by atoms with Crippen molar-refractivity contribution in [3.8, 4) is 0 Å². The highest BCUT2D eigenvalue weighted by Crippen LogP contribution is 2.38. The van der Waals surface area contributed by atoms with E-state index in [-0.39, 0.29) is 28.9 Å². The van der Waals surface area contributed by atoms with Crippen LogP contribution in [0.15, 0.2) is 6.33 Å². The van der Waals surface area contributed by atoms with E-state index in [0.717, 1.165) is 6.42 Å². The summed E-state index contributed by atoms with van der Waals surface area (Å²) < 4.78 is 20.1. The smallest absolute Gasteiger partial charge is 0.186 e. The molecule has 1 aromatic heterocycles. The number of halogens is 1. The molecule has 1 aliphatic heterocycles. The van der Waals surface area contributed by atoms with Crippen LogP contribution in [0.3, 0.4) is 0 Å². The lowest BCUT2D eigenvalue weighted by Crippen LogP contribution is -2.38. The second kappa shape index (κ2) is 4.71. The summed E-state index contributed by atoms with van der Waals surface area (Å²) in [5.74, 6) is -0.0864. The summed E-state index contributed by atoms with van der Waals surface area (Å²) in [6.45, 7) is 9.99. The Kier molecular flexibility index (Phi) is 3.51. The highest BCUT2D eigenvalue weighted by atomic mass is 19.1. The van der Waals surface area contributed by atoms with E-state index in [1.165, 1.54) is 6.33 Å². The summed E-state index contributed by atoms with van der Waals surface area (Å²) in [6, 6.07) is 0.0246. The SMILES string of the molecule is CCc1ncnc(NC2CC(C)(C)OC2(C)C)c1F. The van der Waals surface area contributed by atoms with Gasteiger partial charge in [0.05, 0.1) is 22.9 Å². The Balaban J connectivity index is 2.22. The predicted molar refractivity (Wildman–Crippen MR) is 72.6 cm³/mol. The molecule has 1 aliphatic rings. The minimum Gasteiger partial charge on any atom is -0.367 e. The first kappa shape index (κ1) is 14.2. The van der Waals surface area contributed by atoms with Gasteiger partial charge >= 0.3 is 0 Å². The molecule has 0 radical (unpaired) electrons. The number of nitrogens with one attached hydrogen (secondary N) is 1. The Morgan fingerprint density at radius 1 is 1.37 bits per heavy atom. The van der Waals surface area contributed by atoms with Crippen molar-refractivity contribution < 1.29 is 9.13 Å². The number of aryl methyl sites for hydroxylation is 1. The third kappa shape index (κ3) is 2.86. The summed E-state index contributed by atoms with van der Waals surface area (Å²) in [6.07, 6.45) is 2.77.